The zero-order valence-electron chi connectivity index (χ0n) is 9.74. The number of fused-ring (bicyclic) bond motifs is 1. The number of rotatable bonds is 3. The Labute approximate surface area is 100.0 Å². The molecule has 1 heterocycles. The van der Waals surface area contributed by atoms with Gasteiger partial charge in [-0.3, -0.25) is 4.79 Å². The number of carbonyl (C=O) groups excluding carboxylic acids is 1. The van der Waals surface area contributed by atoms with Crippen LogP contribution in [-0.2, 0) is 9.59 Å². The zero-order chi connectivity index (χ0) is 12.0. The second kappa shape index (κ2) is 3.70. The van der Waals surface area contributed by atoms with Crippen LogP contribution in [0.25, 0.3) is 0 Å². The predicted octanol–water partition coefficient (Wildman–Crippen LogP) is 0.108. The van der Waals surface area contributed by atoms with Gasteiger partial charge < -0.3 is 15.7 Å². The summed E-state index contributed by atoms with van der Waals surface area (Å²) in [7, 11) is 0. The molecule has 5 nitrogen and oxygen atoms in total. The number of carboxylic acid groups (broad SMARTS) is 1. The molecule has 0 aromatic heterocycles. The maximum atomic E-state index is 12.1. The van der Waals surface area contributed by atoms with E-state index in [4.69, 9.17) is 5.11 Å². The average molecular weight is 238 g/mol. The lowest BCUT2D eigenvalue weighted by Gasteiger charge is -2.20. The van der Waals surface area contributed by atoms with Crippen LogP contribution in [0.1, 0.15) is 32.1 Å². The highest BCUT2D eigenvalue weighted by molar-refractivity contribution is 5.92. The fourth-order valence-electron chi connectivity index (χ4n) is 3.31. The first kappa shape index (κ1) is 11.0. The molecule has 3 atom stereocenters. The second-order valence-corrected chi connectivity index (χ2v) is 5.62. The molecule has 94 valence electrons. The molecule has 2 aliphatic carbocycles. The number of amides is 1. The van der Waals surface area contributed by atoms with Crippen molar-refractivity contribution in [3.05, 3.63) is 0 Å². The normalized spacial score (nSPS) is 37.5. The predicted molar refractivity (Wildman–Crippen MR) is 60.4 cm³/mol. The lowest BCUT2D eigenvalue weighted by Crippen LogP contribution is -2.51. The summed E-state index contributed by atoms with van der Waals surface area (Å²) >= 11 is 0. The van der Waals surface area contributed by atoms with Gasteiger partial charge in [0.25, 0.3) is 0 Å². The summed E-state index contributed by atoms with van der Waals surface area (Å²) in [5.41, 5.74) is -0.949. The number of nitrogens with one attached hydrogen (secondary N) is 2. The third-order valence-corrected chi connectivity index (χ3v) is 4.55. The lowest BCUT2D eigenvalue weighted by molar-refractivity contribution is -0.143. The average Bonchev–Trinajstić information content (AvgIpc) is 2.73. The summed E-state index contributed by atoms with van der Waals surface area (Å²) in [6.45, 7) is 0.906. The van der Waals surface area contributed by atoms with Gasteiger partial charge in [-0.25, -0.2) is 4.79 Å². The van der Waals surface area contributed by atoms with Crippen molar-refractivity contribution >= 4 is 11.9 Å². The molecule has 3 aliphatic rings. The first-order valence-electron chi connectivity index (χ1n) is 6.41. The van der Waals surface area contributed by atoms with Crippen LogP contribution in [0.4, 0.5) is 0 Å². The topological polar surface area (TPSA) is 78.4 Å². The van der Waals surface area contributed by atoms with Crippen molar-refractivity contribution in [1.29, 1.82) is 0 Å². The van der Waals surface area contributed by atoms with Crippen LogP contribution in [0.15, 0.2) is 0 Å². The summed E-state index contributed by atoms with van der Waals surface area (Å²) in [6, 6.07) is -0.167. The molecule has 2 saturated carbocycles. The molecule has 0 spiro atoms. The highest BCUT2D eigenvalue weighted by Gasteiger charge is 2.53. The van der Waals surface area contributed by atoms with E-state index in [2.05, 4.69) is 10.6 Å². The molecule has 17 heavy (non-hydrogen) atoms. The highest BCUT2D eigenvalue weighted by atomic mass is 16.4. The van der Waals surface area contributed by atoms with E-state index in [1.807, 2.05) is 0 Å². The Balaban J connectivity index is 1.65. The van der Waals surface area contributed by atoms with Crippen molar-refractivity contribution in [2.75, 3.05) is 6.54 Å². The van der Waals surface area contributed by atoms with Crippen molar-refractivity contribution in [3.63, 3.8) is 0 Å². The number of hydrogen-bond donors (Lipinski definition) is 3. The molecule has 3 rings (SSSR count). The summed E-state index contributed by atoms with van der Waals surface area (Å²) in [6.07, 6.45) is 4.62. The van der Waals surface area contributed by atoms with Gasteiger partial charge in [0.15, 0.2) is 0 Å². The summed E-state index contributed by atoms with van der Waals surface area (Å²) in [4.78, 5) is 23.1. The van der Waals surface area contributed by atoms with Gasteiger partial charge in [0.05, 0.1) is 6.04 Å². The van der Waals surface area contributed by atoms with Crippen LogP contribution in [0.5, 0.6) is 0 Å². The fraction of sp³-hybridized carbons (Fsp3) is 0.833. The lowest BCUT2D eigenvalue weighted by atomic mass is 9.93. The van der Waals surface area contributed by atoms with E-state index in [1.165, 1.54) is 12.8 Å². The van der Waals surface area contributed by atoms with Crippen LogP contribution in [0.2, 0.25) is 0 Å². The van der Waals surface area contributed by atoms with Gasteiger partial charge in [-0.15, -0.1) is 0 Å². The standard InChI is InChI=1S/C12H18N2O3/c15-10(14-12(4-5-12)11(16)17)9-8-3-1-2-7(8)6-13-9/h7-9,13H,1-6H2,(H,14,15)(H,16,17). The van der Waals surface area contributed by atoms with Gasteiger partial charge >= 0.3 is 5.97 Å². The SMILES string of the molecule is O=C(NC1(C(=O)O)CC1)C1NCC2CCCC21. The van der Waals surface area contributed by atoms with Gasteiger partial charge in [0.2, 0.25) is 5.91 Å². The van der Waals surface area contributed by atoms with E-state index in [9.17, 15) is 9.59 Å². The quantitative estimate of drug-likeness (QED) is 0.652. The van der Waals surface area contributed by atoms with E-state index < -0.39 is 11.5 Å². The molecule has 0 aromatic carbocycles. The van der Waals surface area contributed by atoms with Crippen LogP contribution in [0.3, 0.4) is 0 Å². The molecular weight excluding hydrogens is 220 g/mol. The van der Waals surface area contributed by atoms with Crippen molar-refractivity contribution in [3.8, 4) is 0 Å². The largest absolute Gasteiger partial charge is 0.480 e. The Hall–Kier alpha value is -1.10. The Morgan fingerprint density at radius 3 is 2.71 bits per heavy atom. The molecule has 5 heteroatoms. The van der Waals surface area contributed by atoms with Gasteiger partial charge in [0.1, 0.15) is 5.54 Å². The maximum absolute atomic E-state index is 12.1. The zero-order valence-corrected chi connectivity index (χ0v) is 9.74. The molecule has 1 amide bonds. The van der Waals surface area contributed by atoms with E-state index in [1.54, 1.807) is 0 Å². The van der Waals surface area contributed by atoms with E-state index in [0.717, 1.165) is 13.0 Å². The number of carboxylic acids is 1. The first-order chi connectivity index (χ1) is 8.12. The smallest absolute Gasteiger partial charge is 0.329 e. The fourth-order valence-corrected chi connectivity index (χ4v) is 3.31. The van der Waals surface area contributed by atoms with Crippen molar-refractivity contribution in [2.24, 2.45) is 11.8 Å². The highest BCUT2D eigenvalue weighted by Crippen LogP contribution is 2.39. The van der Waals surface area contributed by atoms with Gasteiger partial charge in [0, 0.05) is 0 Å². The molecule has 0 radical (unpaired) electrons. The Morgan fingerprint density at radius 1 is 1.29 bits per heavy atom. The molecule has 3 N–H and O–H groups in total. The summed E-state index contributed by atoms with van der Waals surface area (Å²) in [5.74, 6) is 0.0245. The van der Waals surface area contributed by atoms with Gasteiger partial charge in [-0.2, -0.15) is 0 Å². The third kappa shape index (κ3) is 1.73. The Bertz CT molecular complexity index is 365. The third-order valence-electron chi connectivity index (χ3n) is 4.55. The molecule has 3 fully saturated rings. The maximum Gasteiger partial charge on any atom is 0.329 e. The minimum atomic E-state index is -0.949. The summed E-state index contributed by atoms with van der Waals surface area (Å²) in [5, 5.41) is 15.0. The molecule has 3 unspecified atom stereocenters. The molecule has 0 bridgehead atoms. The minimum Gasteiger partial charge on any atom is -0.480 e. The minimum absolute atomic E-state index is 0.112. The van der Waals surface area contributed by atoms with Crippen molar-refractivity contribution in [1.82, 2.24) is 10.6 Å². The summed E-state index contributed by atoms with van der Waals surface area (Å²) < 4.78 is 0. The van der Waals surface area contributed by atoms with Crippen molar-refractivity contribution < 1.29 is 14.7 Å². The van der Waals surface area contributed by atoms with Crippen LogP contribution in [0, 0.1) is 11.8 Å². The van der Waals surface area contributed by atoms with Crippen molar-refractivity contribution in [2.45, 2.75) is 43.7 Å². The molecule has 0 aromatic rings. The number of aliphatic carboxylic acids is 1. The Kier molecular flexibility index (Phi) is 2.40. The van der Waals surface area contributed by atoms with Gasteiger partial charge in [-0.05, 0) is 44.1 Å². The van der Waals surface area contributed by atoms with Crippen LogP contribution < -0.4 is 10.6 Å². The second-order valence-electron chi connectivity index (χ2n) is 5.62. The first-order valence-corrected chi connectivity index (χ1v) is 6.41. The van der Waals surface area contributed by atoms with E-state index in [-0.39, 0.29) is 11.9 Å². The Morgan fingerprint density at radius 2 is 2.06 bits per heavy atom. The number of hydrogen-bond acceptors (Lipinski definition) is 3. The molecule has 1 saturated heterocycles. The van der Waals surface area contributed by atoms with Gasteiger partial charge in [-0.1, -0.05) is 6.42 Å². The number of carbonyl (C=O) groups is 2. The van der Waals surface area contributed by atoms with E-state index >= 15 is 0 Å². The molecular formula is C12H18N2O3. The van der Waals surface area contributed by atoms with E-state index in [0.29, 0.717) is 24.7 Å². The monoisotopic (exact) mass is 238 g/mol. The van der Waals surface area contributed by atoms with Crippen LogP contribution in [-0.4, -0.2) is 35.1 Å². The molecule has 1 aliphatic heterocycles. The van der Waals surface area contributed by atoms with Crippen LogP contribution >= 0.6 is 0 Å².